The minimum atomic E-state index is -0.846. The molecular formula is C24H32N2OS2. The van der Waals surface area contributed by atoms with Gasteiger partial charge in [-0.25, -0.2) is 0 Å². The van der Waals surface area contributed by atoms with Crippen LogP contribution >= 0.6 is 23.1 Å². The van der Waals surface area contributed by atoms with Gasteiger partial charge < -0.3 is 14.9 Å². The lowest BCUT2D eigenvalue weighted by Gasteiger charge is -2.41. The fourth-order valence-corrected chi connectivity index (χ4v) is 7.74. The van der Waals surface area contributed by atoms with Crippen molar-refractivity contribution < 1.29 is 5.11 Å². The maximum absolute atomic E-state index is 12.4. The zero-order chi connectivity index (χ0) is 20.0. The molecule has 0 radical (unpaired) electrons. The zero-order valence-electron chi connectivity index (χ0n) is 17.6. The number of benzene rings is 1. The summed E-state index contributed by atoms with van der Waals surface area (Å²) in [5, 5.41) is 14.5. The molecule has 0 amide bonds. The molecule has 2 aromatic rings. The number of thiophene rings is 1. The number of aliphatic hydroxyl groups is 1. The van der Waals surface area contributed by atoms with Crippen LogP contribution in [0.1, 0.15) is 53.9 Å². The molecule has 3 aliphatic rings. The summed E-state index contributed by atoms with van der Waals surface area (Å²) in [5.41, 5.74) is 4.33. The summed E-state index contributed by atoms with van der Waals surface area (Å²) in [5.74, 6) is 1.92. The molecule has 2 fully saturated rings. The van der Waals surface area contributed by atoms with Crippen LogP contribution in [0.2, 0.25) is 0 Å². The number of hydrogen-bond donors (Lipinski definition) is 1. The first-order valence-corrected chi connectivity index (χ1v) is 12.9. The van der Waals surface area contributed by atoms with E-state index < -0.39 is 5.60 Å². The largest absolute Gasteiger partial charge is 0.380 e. The van der Waals surface area contributed by atoms with Crippen molar-refractivity contribution in [1.29, 1.82) is 0 Å². The van der Waals surface area contributed by atoms with Crippen LogP contribution < -0.4 is 0 Å². The predicted octanol–water partition coefficient (Wildman–Crippen LogP) is 4.74. The van der Waals surface area contributed by atoms with Crippen LogP contribution in [-0.2, 0) is 11.4 Å². The molecule has 1 aromatic carbocycles. The number of hydrogen-bond acceptors (Lipinski definition) is 5. The first-order valence-electron chi connectivity index (χ1n) is 11.0. The van der Waals surface area contributed by atoms with E-state index in [4.69, 9.17) is 0 Å². The number of piperidine rings is 2. The first kappa shape index (κ1) is 20.1. The molecule has 29 heavy (non-hydrogen) atoms. The highest BCUT2D eigenvalue weighted by Crippen LogP contribution is 2.51. The van der Waals surface area contributed by atoms with Gasteiger partial charge in [0, 0.05) is 11.3 Å². The van der Waals surface area contributed by atoms with Crippen molar-refractivity contribution in [3.63, 3.8) is 0 Å². The second kappa shape index (κ2) is 8.01. The highest BCUT2D eigenvalue weighted by molar-refractivity contribution is 8.00. The summed E-state index contributed by atoms with van der Waals surface area (Å²) in [6, 6.07) is 9.24. The van der Waals surface area contributed by atoms with Crippen LogP contribution in [0.25, 0.3) is 0 Å². The van der Waals surface area contributed by atoms with Crippen molar-refractivity contribution in [3.05, 3.63) is 51.9 Å². The molecule has 5 rings (SSSR count). The van der Waals surface area contributed by atoms with Gasteiger partial charge >= 0.3 is 0 Å². The lowest BCUT2D eigenvalue weighted by Crippen LogP contribution is -2.43. The van der Waals surface area contributed by atoms with Gasteiger partial charge in [-0.1, -0.05) is 18.2 Å². The Hall–Kier alpha value is -0.850. The minimum absolute atomic E-state index is 0.290. The van der Waals surface area contributed by atoms with Gasteiger partial charge in [0.2, 0.25) is 0 Å². The summed E-state index contributed by atoms with van der Waals surface area (Å²) in [6.45, 7) is 4.52. The number of nitrogens with zero attached hydrogens (tertiary/aromatic N) is 2. The molecule has 5 heteroatoms. The molecule has 2 saturated heterocycles. The Morgan fingerprint density at radius 2 is 1.62 bits per heavy atom. The van der Waals surface area contributed by atoms with Crippen molar-refractivity contribution >= 4 is 23.1 Å². The van der Waals surface area contributed by atoms with Crippen molar-refractivity contribution in [2.45, 2.75) is 47.2 Å². The summed E-state index contributed by atoms with van der Waals surface area (Å²) < 4.78 is 1.31. The van der Waals surface area contributed by atoms with E-state index in [0.29, 0.717) is 11.8 Å². The van der Waals surface area contributed by atoms with Gasteiger partial charge in [-0.05, 0) is 106 Å². The Balaban J connectivity index is 1.54. The third-order valence-corrected chi connectivity index (χ3v) is 9.72. The van der Waals surface area contributed by atoms with Crippen LogP contribution in [0.4, 0.5) is 0 Å². The van der Waals surface area contributed by atoms with Crippen LogP contribution in [-0.4, -0.2) is 55.2 Å². The Bertz CT molecular complexity index is 866. The number of fused-ring (bicyclic) bond motifs is 2. The standard InChI is InChI=1S/C24H32N2OS2/c1-25-10-5-17(6-11-25)18-3-4-21-19(15-18)16-29-23-22(9-14-28-23)24(21,27)20-7-12-26(2)13-8-20/h3-4,9,14-15,17,20,27H,5-8,10-13,16H2,1-2H3/t24-/m0/s1. The van der Waals surface area contributed by atoms with Gasteiger partial charge in [-0.3, -0.25) is 0 Å². The van der Waals surface area contributed by atoms with Gasteiger partial charge in [0.1, 0.15) is 5.60 Å². The van der Waals surface area contributed by atoms with Gasteiger partial charge in [0.25, 0.3) is 0 Å². The molecular weight excluding hydrogens is 396 g/mol. The molecule has 0 spiro atoms. The Morgan fingerprint density at radius 3 is 2.34 bits per heavy atom. The molecule has 0 unspecified atom stereocenters. The topological polar surface area (TPSA) is 26.7 Å². The van der Waals surface area contributed by atoms with Crippen LogP contribution in [0.15, 0.2) is 33.9 Å². The predicted molar refractivity (Wildman–Crippen MR) is 123 cm³/mol. The average molecular weight is 429 g/mol. The van der Waals surface area contributed by atoms with Crippen LogP contribution in [0, 0.1) is 5.92 Å². The van der Waals surface area contributed by atoms with Crippen molar-refractivity contribution in [1.82, 2.24) is 9.80 Å². The molecule has 0 aliphatic carbocycles. The second-order valence-electron chi connectivity index (χ2n) is 9.25. The molecule has 0 bridgehead atoms. The van der Waals surface area contributed by atoms with E-state index in [1.807, 2.05) is 11.8 Å². The van der Waals surface area contributed by atoms with E-state index >= 15 is 0 Å². The van der Waals surface area contributed by atoms with Crippen LogP contribution in [0.5, 0.6) is 0 Å². The van der Waals surface area contributed by atoms with Crippen molar-refractivity contribution in [3.8, 4) is 0 Å². The van der Waals surface area contributed by atoms with E-state index in [9.17, 15) is 5.11 Å². The quantitative estimate of drug-likeness (QED) is 0.747. The van der Waals surface area contributed by atoms with Crippen LogP contribution in [0.3, 0.4) is 0 Å². The number of thioether (sulfide) groups is 1. The fourth-order valence-electron chi connectivity index (χ4n) is 5.55. The van der Waals surface area contributed by atoms with E-state index in [2.05, 4.69) is 53.5 Å². The normalized spacial score (nSPS) is 27.4. The molecule has 1 aromatic heterocycles. The minimum Gasteiger partial charge on any atom is -0.380 e. The lowest BCUT2D eigenvalue weighted by molar-refractivity contribution is -0.0126. The zero-order valence-corrected chi connectivity index (χ0v) is 19.2. The molecule has 0 saturated carbocycles. The average Bonchev–Trinajstić information content (AvgIpc) is 3.18. The third-order valence-electron chi connectivity index (χ3n) is 7.44. The molecule has 156 valence electrons. The first-order chi connectivity index (χ1) is 14.1. The maximum atomic E-state index is 12.4. The highest BCUT2D eigenvalue weighted by Gasteiger charge is 2.45. The monoisotopic (exact) mass is 428 g/mol. The van der Waals surface area contributed by atoms with E-state index in [1.54, 1.807) is 11.3 Å². The van der Waals surface area contributed by atoms with E-state index in [-0.39, 0.29) is 0 Å². The maximum Gasteiger partial charge on any atom is 0.120 e. The summed E-state index contributed by atoms with van der Waals surface area (Å²) in [4.78, 5) is 4.83. The SMILES string of the molecule is CN1CCC(c2ccc3c(c2)CSc2sccc2[C@]3(O)C2CCN(C)CC2)CC1. The Kier molecular flexibility index (Phi) is 5.54. The Morgan fingerprint density at radius 1 is 0.931 bits per heavy atom. The molecule has 1 atom stereocenters. The lowest BCUT2D eigenvalue weighted by atomic mass is 9.71. The van der Waals surface area contributed by atoms with E-state index in [0.717, 1.165) is 37.2 Å². The van der Waals surface area contributed by atoms with Gasteiger partial charge in [-0.2, -0.15) is 0 Å². The summed E-state index contributed by atoms with van der Waals surface area (Å²) in [6.07, 6.45) is 4.61. The van der Waals surface area contributed by atoms with Crippen molar-refractivity contribution in [2.75, 3.05) is 40.3 Å². The molecule has 1 N–H and O–H groups in total. The van der Waals surface area contributed by atoms with E-state index in [1.165, 1.54) is 46.8 Å². The smallest absolute Gasteiger partial charge is 0.120 e. The summed E-state index contributed by atoms with van der Waals surface area (Å²) in [7, 11) is 4.42. The fraction of sp³-hybridized carbons (Fsp3) is 0.583. The second-order valence-corrected chi connectivity index (χ2v) is 11.4. The molecule has 4 heterocycles. The molecule has 3 nitrogen and oxygen atoms in total. The van der Waals surface area contributed by atoms with Gasteiger partial charge in [-0.15, -0.1) is 23.1 Å². The van der Waals surface area contributed by atoms with Crippen molar-refractivity contribution in [2.24, 2.45) is 5.92 Å². The highest BCUT2D eigenvalue weighted by atomic mass is 32.2. The van der Waals surface area contributed by atoms with Gasteiger partial charge in [0.05, 0.1) is 4.21 Å². The number of rotatable bonds is 2. The summed E-state index contributed by atoms with van der Waals surface area (Å²) >= 11 is 3.72. The third kappa shape index (κ3) is 3.59. The van der Waals surface area contributed by atoms with Gasteiger partial charge in [0.15, 0.2) is 0 Å². The Labute approximate surface area is 183 Å². The molecule has 3 aliphatic heterocycles. The number of likely N-dealkylation sites (tertiary alicyclic amines) is 2.